The van der Waals surface area contributed by atoms with Crippen molar-refractivity contribution in [2.24, 2.45) is 5.92 Å². The second kappa shape index (κ2) is 14.1. The number of ether oxygens (including phenoxy) is 1. The summed E-state index contributed by atoms with van der Waals surface area (Å²) in [6.07, 6.45) is 0.282. The summed E-state index contributed by atoms with van der Waals surface area (Å²) in [6, 6.07) is 6.07. The van der Waals surface area contributed by atoms with Crippen molar-refractivity contribution in [2.75, 3.05) is 36.4 Å². The highest BCUT2D eigenvalue weighted by molar-refractivity contribution is 6.18. The lowest BCUT2D eigenvalue weighted by molar-refractivity contribution is -0.149. The molecule has 0 saturated carbocycles. The van der Waals surface area contributed by atoms with E-state index in [-0.39, 0.29) is 24.9 Å². The summed E-state index contributed by atoms with van der Waals surface area (Å²) in [5.74, 6) is -0.436. The van der Waals surface area contributed by atoms with Crippen molar-refractivity contribution in [1.82, 2.24) is 10.6 Å². The molecule has 1 aromatic carbocycles. The van der Waals surface area contributed by atoms with E-state index >= 15 is 0 Å². The Hall–Kier alpha value is -1.99. The smallest absolute Gasteiger partial charge is 0.328 e. The first-order valence-electron chi connectivity index (χ1n) is 10.4. The SMILES string of the molecule is CCOC(=O)[C@@H](NC(=O)[C@@H](Cc1ccc(N(CCCl)CCCl)cc1)NC(C)=O)C(C)C. The van der Waals surface area contributed by atoms with Crippen LogP contribution in [-0.2, 0) is 25.5 Å². The standard InChI is InChI=1S/C22H33Cl2N3O4/c1-5-31-22(30)20(15(2)3)26-21(29)19(25-16(4)28)14-17-6-8-18(9-7-17)27(12-10-23)13-11-24/h6-9,15,19-20H,5,10-14H2,1-4H3,(H,25,28)(H,26,29)/t19-,20+/m1/s1. The lowest BCUT2D eigenvalue weighted by atomic mass is 10.0. The molecule has 31 heavy (non-hydrogen) atoms. The van der Waals surface area contributed by atoms with E-state index in [2.05, 4.69) is 15.5 Å². The summed E-state index contributed by atoms with van der Waals surface area (Å²) in [6.45, 7) is 8.28. The van der Waals surface area contributed by atoms with E-state index in [1.54, 1.807) is 6.92 Å². The van der Waals surface area contributed by atoms with Crippen LogP contribution < -0.4 is 15.5 Å². The molecule has 1 rings (SSSR count). The molecule has 0 aliphatic rings. The predicted molar refractivity (Wildman–Crippen MR) is 125 cm³/mol. The average Bonchev–Trinajstić information content (AvgIpc) is 2.71. The Bertz CT molecular complexity index is 707. The molecule has 7 nitrogen and oxygen atoms in total. The maximum Gasteiger partial charge on any atom is 0.328 e. The van der Waals surface area contributed by atoms with Crippen molar-refractivity contribution in [3.63, 3.8) is 0 Å². The van der Waals surface area contributed by atoms with Gasteiger partial charge < -0.3 is 20.3 Å². The molecule has 2 amide bonds. The number of nitrogens with one attached hydrogen (secondary N) is 2. The van der Waals surface area contributed by atoms with Gasteiger partial charge in [0.05, 0.1) is 6.61 Å². The zero-order valence-electron chi connectivity index (χ0n) is 18.6. The number of hydrogen-bond donors (Lipinski definition) is 2. The van der Waals surface area contributed by atoms with Crippen LogP contribution in [0.25, 0.3) is 0 Å². The van der Waals surface area contributed by atoms with Crippen LogP contribution in [0.3, 0.4) is 0 Å². The summed E-state index contributed by atoms with van der Waals surface area (Å²) in [5, 5.41) is 5.40. The van der Waals surface area contributed by atoms with Gasteiger partial charge in [0.1, 0.15) is 12.1 Å². The van der Waals surface area contributed by atoms with Gasteiger partial charge in [0, 0.05) is 43.9 Å². The molecule has 0 fully saturated rings. The minimum Gasteiger partial charge on any atom is -0.464 e. The molecule has 9 heteroatoms. The average molecular weight is 474 g/mol. The molecule has 0 aromatic heterocycles. The third-order valence-corrected chi connectivity index (χ3v) is 4.99. The first-order chi connectivity index (χ1) is 14.7. The first kappa shape index (κ1) is 27.0. The molecule has 0 bridgehead atoms. The van der Waals surface area contributed by atoms with Gasteiger partial charge in [0.15, 0.2) is 0 Å². The quantitative estimate of drug-likeness (QED) is 0.339. The Morgan fingerprint density at radius 3 is 2.06 bits per heavy atom. The summed E-state index contributed by atoms with van der Waals surface area (Å²) >= 11 is 11.7. The molecule has 2 atom stereocenters. The van der Waals surface area contributed by atoms with Crippen molar-refractivity contribution in [3.8, 4) is 0 Å². The van der Waals surface area contributed by atoms with Crippen molar-refractivity contribution >= 4 is 46.7 Å². The van der Waals surface area contributed by atoms with Gasteiger partial charge >= 0.3 is 5.97 Å². The van der Waals surface area contributed by atoms with Gasteiger partial charge in [-0.15, -0.1) is 23.2 Å². The molecule has 2 N–H and O–H groups in total. The third-order valence-electron chi connectivity index (χ3n) is 4.65. The van der Waals surface area contributed by atoms with Crippen LogP contribution >= 0.6 is 23.2 Å². The van der Waals surface area contributed by atoms with Gasteiger partial charge in [-0.1, -0.05) is 26.0 Å². The molecule has 0 heterocycles. The van der Waals surface area contributed by atoms with Crippen LogP contribution in [0.2, 0.25) is 0 Å². The minimum atomic E-state index is -0.819. The summed E-state index contributed by atoms with van der Waals surface area (Å²) in [4.78, 5) is 38.8. The second-order valence-corrected chi connectivity index (χ2v) is 8.23. The monoisotopic (exact) mass is 473 g/mol. The molecule has 0 aliphatic heterocycles. The van der Waals surface area contributed by atoms with Gasteiger partial charge in [-0.2, -0.15) is 0 Å². The molecule has 1 aromatic rings. The highest BCUT2D eigenvalue weighted by atomic mass is 35.5. The van der Waals surface area contributed by atoms with Gasteiger partial charge in [-0.3, -0.25) is 9.59 Å². The lowest BCUT2D eigenvalue weighted by Crippen LogP contribution is -2.54. The minimum absolute atomic E-state index is 0.157. The number of carbonyl (C=O) groups excluding carboxylic acids is 3. The van der Waals surface area contributed by atoms with E-state index in [0.29, 0.717) is 24.8 Å². The highest BCUT2D eigenvalue weighted by Gasteiger charge is 2.29. The molecule has 0 radical (unpaired) electrons. The number of anilines is 1. The summed E-state index contributed by atoms with van der Waals surface area (Å²) in [7, 11) is 0. The summed E-state index contributed by atoms with van der Waals surface area (Å²) in [5.41, 5.74) is 1.85. The van der Waals surface area contributed by atoms with E-state index in [1.165, 1.54) is 6.92 Å². The Morgan fingerprint density at radius 1 is 1.03 bits per heavy atom. The van der Waals surface area contributed by atoms with Crippen LogP contribution in [0.1, 0.15) is 33.3 Å². The number of benzene rings is 1. The van der Waals surface area contributed by atoms with Gasteiger partial charge in [-0.25, -0.2) is 4.79 Å². The molecule has 0 saturated heterocycles. The van der Waals surface area contributed by atoms with Crippen LogP contribution in [0, 0.1) is 5.92 Å². The summed E-state index contributed by atoms with van der Waals surface area (Å²) < 4.78 is 5.06. The molecule has 0 spiro atoms. The number of esters is 1. The predicted octanol–water partition coefficient (Wildman–Crippen LogP) is 2.72. The third kappa shape index (κ3) is 9.35. The number of nitrogens with zero attached hydrogens (tertiary/aromatic N) is 1. The highest BCUT2D eigenvalue weighted by Crippen LogP contribution is 2.17. The Morgan fingerprint density at radius 2 is 1.61 bits per heavy atom. The lowest BCUT2D eigenvalue weighted by Gasteiger charge is -2.25. The topological polar surface area (TPSA) is 87.7 Å². The first-order valence-corrected chi connectivity index (χ1v) is 11.5. The van der Waals surface area contributed by atoms with E-state index in [9.17, 15) is 14.4 Å². The van der Waals surface area contributed by atoms with Gasteiger partial charge in [0.25, 0.3) is 0 Å². The number of halogens is 2. The van der Waals surface area contributed by atoms with E-state index in [0.717, 1.165) is 11.3 Å². The molecule has 0 unspecified atom stereocenters. The van der Waals surface area contributed by atoms with Gasteiger partial charge in [-0.05, 0) is 30.5 Å². The number of hydrogen-bond acceptors (Lipinski definition) is 5. The van der Waals surface area contributed by atoms with Crippen LogP contribution in [0.5, 0.6) is 0 Å². The van der Waals surface area contributed by atoms with Crippen molar-refractivity contribution in [3.05, 3.63) is 29.8 Å². The normalized spacial score (nSPS) is 12.7. The molecular formula is C22H33Cl2N3O4. The molecule has 174 valence electrons. The number of carbonyl (C=O) groups is 3. The number of alkyl halides is 2. The van der Waals surface area contributed by atoms with E-state index < -0.39 is 24.0 Å². The molecular weight excluding hydrogens is 441 g/mol. The largest absolute Gasteiger partial charge is 0.464 e. The Labute approximate surface area is 194 Å². The van der Waals surface area contributed by atoms with Crippen molar-refractivity contribution in [2.45, 2.75) is 46.2 Å². The fraction of sp³-hybridized carbons (Fsp3) is 0.591. The number of amides is 2. The fourth-order valence-electron chi connectivity index (χ4n) is 3.09. The molecule has 0 aliphatic carbocycles. The van der Waals surface area contributed by atoms with Crippen molar-refractivity contribution in [1.29, 1.82) is 0 Å². The van der Waals surface area contributed by atoms with Crippen molar-refractivity contribution < 1.29 is 19.1 Å². The maximum absolute atomic E-state index is 12.9. The number of rotatable bonds is 13. The maximum atomic E-state index is 12.9. The van der Waals surface area contributed by atoms with E-state index in [1.807, 2.05) is 38.1 Å². The van der Waals surface area contributed by atoms with Gasteiger partial charge in [0.2, 0.25) is 11.8 Å². The zero-order valence-corrected chi connectivity index (χ0v) is 20.1. The Balaban J connectivity index is 2.95. The van der Waals surface area contributed by atoms with Crippen LogP contribution in [0.15, 0.2) is 24.3 Å². The second-order valence-electron chi connectivity index (χ2n) is 7.47. The fourth-order valence-corrected chi connectivity index (χ4v) is 3.50. The Kier molecular flexibility index (Phi) is 12.3. The zero-order chi connectivity index (χ0) is 23.4. The van der Waals surface area contributed by atoms with Crippen LogP contribution in [0.4, 0.5) is 5.69 Å². The van der Waals surface area contributed by atoms with Crippen LogP contribution in [-0.4, -0.2) is 61.3 Å². The van der Waals surface area contributed by atoms with E-state index in [4.69, 9.17) is 27.9 Å².